The van der Waals surface area contributed by atoms with Crippen molar-refractivity contribution >= 4 is 44.2 Å². The van der Waals surface area contributed by atoms with Crippen LogP contribution in [0.15, 0.2) is 0 Å². The highest BCUT2D eigenvalue weighted by atomic mass is 127. The molecular formula is C6H14INO2S2. The molecule has 6 heteroatoms. The number of thioether (sulfide) groups is 1. The maximum Gasteiger partial charge on any atom is 0.152 e. The molecule has 3 nitrogen and oxygen atoms in total. The molecule has 0 bridgehead atoms. The Labute approximate surface area is 91.9 Å². The van der Waals surface area contributed by atoms with Crippen LogP contribution in [0.2, 0.25) is 0 Å². The van der Waals surface area contributed by atoms with Gasteiger partial charge in [0, 0.05) is 22.5 Å². The summed E-state index contributed by atoms with van der Waals surface area (Å²) in [5, 5.41) is 0. The third-order valence-electron chi connectivity index (χ3n) is 1.19. The molecule has 0 saturated heterocycles. The SMILES string of the molecule is NCCS(=O)(=O)CCSCCI. The Morgan fingerprint density at radius 1 is 1.25 bits per heavy atom. The summed E-state index contributed by atoms with van der Waals surface area (Å²) in [6.07, 6.45) is 0. The molecule has 0 aliphatic heterocycles. The van der Waals surface area contributed by atoms with Gasteiger partial charge in [-0.3, -0.25) is 0 Å². The van der Waals surface area contributed by atoms with E-state index in [4.69, 9.17) is 5.73 Å². The zero-order chi connectivity index (χ0) is 9.45. The van der Waals surface area contributed by atoms with Crippen LogP contribution >= 0.6 is 34.4 Å². The second kappa shape index (κ2) is 7.40. The minimum Gasteiger partial charge on any atom is -0.329 e. The molecule has 0 saturated carbocycles. The van der Waals surface area contributed by atoms with Crippen LogP contribution in [0.5, 0.6) is 0 Å². The summed E-state index contributed by atoms with van der Waals surface area (Å²) < 4.78 is 23.3. The van der Waals surface area contributed by atoms with Gasteiger partial charge in [-0.15, -0.1) is 0 Å². The van der Waals surface area contributed by atoms with Crippen molar-refractivity contribution in [3.8, 4) is 0 Å². The van der Waals surface area contributed by atoms with Crippen molar-refractivity contribution in [1.82, 2.24) is 0 Å². The summed E-state index contributed by atoms with van der Waals surface area (Å²) in [5.74, 6) is 2.12. The molecule has 0 aliphatic carbocycles. The molecule has 0 unspecified atom stereocenters. The molecule has 0 spiro atoms. The number of rotatable bonds is 7. The second-order valence-electron chi connectivity index (χ2n) is 2.24. The lowest BCUT2D eigenvalue weighted by Crippen LogP contribution is -2.19. The Morgan fingerprint density at radius 3 is 2.42 bits per heavy atom. The first-order valence-electron chi connectivity index (χ1n) is 3.66. The van der Waals surface area contributed by atoms with E-state index in [-0.39, 0.29) is 18.1 Å². The topological polar surface area (TPSA) is 60.2 Å². The second-order valence-corrected chi connectivity index (χ2v) is 6.85. The summed E-state index contributed by atoms with van der Waals surface area (Å²) in [7, 11) is -2.86. The number of nitrogens with two attached hydrogens (primary N) is 1. The van der Waals surface area contributed by atoms with Crippen LogP contribution in [0.4, 0.5) is 0 Å². The maximum atomic E-state index is 11.1. The lowest BCUT2D eigenvalue weighted by molar-refractivity contribution is 0.597. The van der Waals surface area contributed by atoms with Gasteiger partial charge >= 0.3 is 0 Å². The van der Waals surface area contributed by atoms with E-state index < -0.39 is 9.84 Å². The molecule has 12 heavy (non-hydrogen) atoms. The van der Waals surface area contributed by atoms with Gasteiger partial charge in [-0.25, -0.2) is 8.42 Å². The largest absolute Gasteiger partial charge is 0.329 e. The van der Waals surface area contributed by atoms with E-state index in [1.807, 2.05) is 0 Å². The molecule has 0 heterocycles. The predicted octanol–water partition coefficient (Wildman–Crippen LogP) is 0.528. The number of halogens is 1. The molecule has 0 aliphatic rings. The molecular weight excluding hydrogens is 309 g/mol. The van der Waals surface area contributed by atoms with Crippen molar-refractivity contribution in [2.45, 2.75) is 0 Å². The Kier molecular flexibility index (Phi) is 8.01. The highest BCUT2D eigenvalue weighted by Crippen LogP contribution is 2.03. The van der Waals surface area contributed by atoms with Gasteiger partial charge in [0.25, 0.3) is 0 Å². The van der Waals surface area contributed by atoms with Crippen molar-refractivity contribution in [3.63, 3.8) is 0 Å². The fourth-order valence-corrected chi connectivity index (χ4v) is 3.92. The van der Waals surface area contributed by atoms with E-state index in [9.17, 15) is 8.42 Å². The van der Waals surface area contributed by atoms with E-state index >= 15 is 0 Å². The van der Waals surface area contributed by atoms with Crippen LogP contribution < -0.4 is 5.73 Å². The van der Waals surface area contributed by atoms with Crippen LogP contribution in [0.25, 0.3) is 0 Å². The highest BCUT2D eigenvalue weighted by Gasteiger charge is 2.08. The molecule has 0 aromatic rings. The smallest absolute Gasteiger partial charge is 0.152 e. The van der Waals surface area contributed by atoms with Crippen molar-refractivity contribution in [2.24, 2.45) is 5.73 Å². The molecule has 0 amide bonds. The number of sulfone groups is 1. The van der Waals surface area contributed by atoms with E-state index in [1.54, 1.807) is 11.8 Å². The molecule has 0 atom stereocenters. The number of alkyl halides is 1. The molecule has 0 fully saturated rings. The summed E-state index contributed by atoms with van der Waals surface area (Å²) in [6.45, 7) is 0.235. The molecule has 0 radical (unpaired) electrons. The fourth-order valence-electron chi connectivity index (χ4n) is 0.624. The standard InChI is InChI=1S/C6H14INO2S2/c7-1-3-11-4-6-12(9,10)5-2-8/h1-6,8H2. The third kappa shape index (κ3) is 7.63. The average Bonchev–Trinajstić information content (AvgIpc) is 1.98. The maximum absolute atomic E-state index is 11.1. The van der Waals surface area contributed by atoms with E-state index in [0.29, 0.717) is 5.75 Å². The monoisotopic (exact) mass is 323 g/mol. The predicted molar refractivity (Wildman–Crippen MR) is 63.9 cm³/mol. The fraction of sp³-hybridized carbons (Fsp3) is 1.00. The van der Waals surface area contributed by atoms with Crippen LogP contribution in [-0.2, 0) is 9.84 Å². The van der Waals surface area contributed by atoms with Gasteiger partial charge in [-0.2, -0.15) is 11.8 Å². The first kappa shape index (κ1) is 13.0. The summed E-state index contributed by atoms with van der Waals surface area (Å²) in [6, 6.07) is 0. The van der Waals surface area contributed by atoms with Crippen molar-refractivity contribution in [2.75, 3.05) is 34.0 Å². The highest BCUT2D eigenvalue weighted by molar-refractivity contribution is 14.1. The Morgan fingerprint density at radius 2 is 1.92 bits per heavy atom. The van der Waals surface area contributed by atoms with Crippen LogP contribution in [0, 0.1) is 0 Å². The molecule has 0 rings (SSSR count). The normalized spacial score (nSPS) is 11.8. The Bertz CT molecular complexity index is 194. The zero-order valence-corrected chi connectivity index (χ0v) is 10.6. The van der Waals surface area contributed by atoms with Crippen molar-refractivity contribution in [1.29, 1.82) is 0 Å². The van der Waals surface area contributed by atoms with Gasteiger partial charge in [0.15, 0.2) is 9.84 Å². The third-order valence-corrected chi connectivity index (χ3v) is 5.39. The lowest BCUT2D eigenvalue weighted by atomic mass is 10.8. The minimum atomic E-state index is -2.86. The summed E-state index contributed by atoms with van der Waals surface area (Å²) >= 11 is 3.95. The summed E-state index contributed by atoms with van der Waals surface area (Å²) in [5.41, 5.74) is 5.16. The minimum absolute atomic E-state index is 0.123. The quantitative estimate of drug-likeness (QED) is 0.422. The lowest BCUT2D eigenvalue weighted by Gasteiger charge is -2.01. The van der Waals surface area contributed by atoms with Crippen LogP contribution in [0.1, 0.15) is 0 Å². The Hall–Kier alpha value is 0.990. The molecule has 74 valence electrons. The van der Waals surface area contributed by atoms with Gasteiger partial charge in [0.05, 0.1) is 11.5 Å². The van der Waals surface area contributed by atoms with Crippen molar-refractivity contribution < 1.29 is 8.42 Å². The van der Waals surface area contributed by atoms with E-state index in [0.717, 1.165) is 10.2 Å². The first-order valence-corrected chi connectivity index (χ1v) is 8.17. The molecule has 0 aromatic carbocycles. The van der Waals surface area contributed by atoms with Gasteiger partial charge < -0.3 is 5.73 Å². The van der Waals surface area contributed by atoms with Gasteiger partial charge in [0.1, 0.15) is 0 Å². The first-order chi connectivity index (χ1) is 5.62. The van der Waals surface area contributed by atoms with E-state index in [2.05, 4.69) is 22.6 Å². The van der Waals surface area contributed by atoms with E-state index in [1.165, 1.54) is 0 Å². The molecule has 0 aromatic heterocycles. The van der Waals surface area contributed by atoms with Gasteiger partial charge in [0.2, 0.25) is 0 Å². The average molecular weight is 323 g/mol. The van der Waals surface area contributed by atoms with Gasteiger partial charge in [-0.1, -0.05) is 22.6 Å². The number of hydrogen-bond acceptors (Lipinski definition) is 4. The summed E-state index contributed by atoms with van der Waals surface area (Å²) in [4.78, 5) is 0. The van der Waals surface area contributed by atoms with Crippen LogP contribution in [0.3, 0.4) is 0 Å². The number of hydrogen-bond donors (Lipinski definition) is 1. The van der Waals surface area contributed by atoms with Crippen molar-refractivity contribution in [3.05, 3.63) is 0 Å². The molecule has 2 N–H and O–H groups in total. The zero-order valence-electron chi connectivity index (χ0n) is 6.83. The van der Waals surface area contributed by atoms with Crippen LogP contribution in [-0.4, -0.2) is 42.4 Å². The Balaban J connectivity index is 3.48. The van der Waals surface area contributed by atoms with Gasteiger partial charge in [-0.05, 0) is 0 Å².